The summed E-state index contributed by atoms with van der Waals surface area (Å²) in [4.78, 5) is 12.5. The van der Waals surface area contributed by atoms with E-state index in [1.54, 1.807) is 7.11 Å². The van der Waals surface area contributed by atoms with Gasteiger partial charge in [-0.05, 0) is 47.2 Å². The van der Waals surface area contributed by atoms with Crippen molar-refractivity contribution < 1.29 is 18.7 Å². The standard InChI is InChI=1S/C28H23N5O4/c1-35-23-14-12-21(13-15-23)26(20-8-3-2-4-9-20)31-32-27(34)29-28-33-30-25(37-28)18-36-24-16-11-19-7-5-6-10-22(19)17-24/h2-17H,18H2,1H3,(H2,29,32,33,34)/b31-26-. The molecule has 0 atom stereocenters. The summed E-state index contributed by atoms with van der Waals surface area (Å²) in [6, 6.07) is 30.0. The Morgan fingerprint density at radius 2 is 1.54 bits per heavy atom. The van der Waals surface area contributed by atoms with Gasteiger partial charge in [-0.1, -0.05) is 65.8 Å². The van der Waals surface area contributed by atoms with Crippen LogP contribution in [0.1, 0.15) is 17.0 Å². The summed E-state index contributed by atoms with van der Waals surface area (Å²) in [7, 11) is 1.60. The lowest BCUT2D eigenvalue weighted by atomic mass is 10.0. The number of rotatable bonds is 8. The summed E-state index contributed by atoms with van der Waals surface area (Å²) < 4.78 is 16.5. The Bertz CT molecular complexity index is 1530. The normalized spacial score (nSPS) is 11.2. The van der Waals surface area contributed by atoms with Crippen LogP contribution in [0.5, 0.6) is 11.5 Å². The zero-order valence-electron chi connectivity index (χ0n) is 19.9. The first kappa shape index (κ1) is 23.6. The van der Waals surface area contributed by atoms with Gasteiger partial charge >= 0.3 is 12.0 Å². The van der Waals surface area contributed by atoms with Crippen molar-refractivity contribution in [2.24, 2.45) is 5.10 Å². The van der Waals surface area contributed by atoms with Crippen LogP contribution in [0.25, 0.3) is 10.8 Å². The Morgan fingerprint density at radius 3 is 2.32 bits per heavy atom. The van der Waals surface area contributed by atoms with E-state index in [1.807, 2.05) is 97.1 Å². The van der Waals surface area contributed by atoms with E-state index in [0.717, 1.165) is 27.6 Å². The molecule has 5 rings (SSSR count). The molecule has 0 bridgehead atoms. The Labute approximate surface area is 212 Å². The highest BCUT2D eigenvalue weighted by atomic mass is 16.5. The number of hydrogen-bond acceptors (Lipinski definition) is 7. The van der Waals surface area contributed by atoms with Crippen LogP contribution in [0, 0.1) is 0 Å². The van der Waals surface area contributed by atoms with Crippen LogP contribution in [0.2, 0.25) is 0 Å². The van der Waals surface area contributed by atoms with Crippen molar-refractivity contribution in [3.05, 3.63) is 114 Å². The first-order valence-electron chi connectivity index (χ1n) is 11.5. The van der Waals surface area contributed by atoms with Gasteiger partial charge in [-0.2, -0.15) is 5.10 Å². The Balaban J connectivity index is 1.22. The molecule has 4 aromatic carbocycles. The summed E-state index contributed by atoms with van der Waals surface area (Å²) in [5.74, 6) is 1.61. The predicted molar refractivity (Wildman–Crippen MR) is 140 cm³/mol. The van der Waals surface area contributed by atoms with Crippen molar-refractivity contribution in [2.45, 2.75) is 6.61 Å². The molecule has 2 N–H and O–H groups in total. The monoisotopic (exact) mass is 493 g/mol. The van der Waals surface area contributed by atoms with Crippen molar-refractivity contribution in [3.63, 3.8) is 0 Å². The van der Waals surface area contributed by atoms with Gasteiger partial charge in [0.25, 0.3) is 5.89 Å². The molecule has 0 aliphatic rings. The van der Waals surface area contributed by atoms with Crippen molar-refractivity contribution in [2.75, 3.05) is 12.4 Å². The molecule has 0 spiro atoms. The number of fused-ring (bicyclic) bond motifs is 1. The number of methoxy groups -OCH3 is 1. The number of hydrazone groups is 1. The van der Waals surface area contributed by atoms with Gasteiger partial charge in [-0.3, -0.25) is 5.32 Å². The van der Waals surface area contributed by atoms with E-state index in [4.69, 9.17) is 13.9 Å². The largest absolute Gasteiger partial charge is 0.497 e. The predicted octanol–water partition coefficient (Wildman–Crippen LogP) is 5.38. The Kier molecular flexibility index (Phi) is 7.03. The first-order valence-corrected chi connectivity index (χ1v) is 11.5. The van der Waals surface area contributed by atoms with Gasteiger partial charge in [0.2, 0.25) is 0 Å². The molecule has 2 amide bonds. The highest BCUT2D eigenvalue weighted by Gasteiger charge is 2.12. The van der Waals surface area contributed by atoms with Crippen LogP contribution in [-0.4, -0.2) is 29.0 Å². The van der Waals surface area contributed by atoms with Gasteiger partial charge in [0.15, 0.2) is 6.61 Å². The lowest BCUT2D eigenvalue weighted by Crippen LogP contribution is -2.26. The second-order valence-electron chi connectivity index (χ2n) is 7.92. The van der Waals surface area contributed by atoms with Gasteiger partial charge in [-0.15, -0.1) is 5.10 Å². The number of hydrogen-bond donors (Lipinski definition) is 2. The third-order valence-corrected chi connectivity index (χ3v) is 5.45. The zero-order valence-corrected chi connectivity index (χ0v) is 19.9. The summed E-state index contributed by atoms with van der Waals surface area (Å²) in [5.41, 5.74) is 4.70. The van der Waals surface area contributed by atoms with Crippen LogP contribution >= 0.6 is 0 Å². The van der Waals surface area contributed by atoms with Crippen molar-refractivity contribution >= 4 is 28.5 Å². The van der Waals surface area contributed by atoms with Crippen molar-refractivity contribution in [3.8, 4) is 11.5 Å². The lowest BCUT2D eigenvalue weighted by Gasteiger charge is -2.09. The number of ether oxygens (including phenoxy) is 2. The first-order chi connectivity index (χ1) is 18.2. The molecule has 5 aromatic rings. The van der Waals surface area contributed by atoms with E-state index >= 15 is 0 Å². The van der Waals surface area contributed by atoms with E-state index in [9.17, 15) is 4.79 Å². The third kappa shape index (κ3) is 5.91. The van der Waals surface area contributed by atoms with Gasteiger partial charge in [0.1, 0.15) is 11.5 Å². The number of benzene rings is 4. The molecule has 0 fully saturated rings. The number of carbonyl (C=O) groups excluding carboxylic acids is 1. The molecule has 1 aromatic heterocycles. The molecule has 1 heterocycles. The number of nitrogens with zero attached hydrogens (tertiary/aromatic N) is 3. The molecule has 0 saturated heterocycles. The number of aromatic nitrogens is 2. The molecule has 0 aliphatic heterocycles. The van der Waals surface area contributed by atoms with Crippen LogP contribution in [0.3, 0.4) is 0 Å². The lowest BCUT2D eigenvalue weighted by molar-refractivity contribution is 0.250. The van der Waals surface area contributed by atoms with E-state index in [2.05, 4.69) is 26.0 Å². The fourth-order valence-corrected chi connectivity index (χ4v) is 3.64. The Morgan fingerprint density at radius 1 is 0.838 bits per heavy atom. The van der Waals surface area contributed by atoms with Gasteiger partial charge < -0.3 is 13.9 Å². The average Bonchev–Trinajstić information content (AvgIpc) is 3.40. The zero-order chi connectivity index (χ0) is 25.5. The van der Waals surface area contributed by atoms with Crippen molar-refractivity contribution in [1.82, 2.24) is 15.6 Å². The summed E-state index contributed by atoms with van der Waals surface area (Å²) in [5, 5.41) is 16.8. The fraction of sp³-hybridized carbons (Fsp3) is 0.0714. The van der Waals surface area contributed by atoms with Crippen LogP contribution in [0.4, 0.5) is 10.8 Å². The highest BCUT2D eigenvalue weighted by Crippen LogP contribution is 2.21. The van der Waals surface area contributed by atoms with Gasteiger partial charge in [0, 0.05) is 11.1 Å². The summed E-state index contributed by atoms with van der Waals surface area (Å²) in [6.07, 6.45) is 0. The number of carbonyl (C=O) groups is 1. The van der Waals surface area contributed by atoms with Gasteiger partial charge in [-0.25, -0.2) is 10.2 Å². The highest BCUT2D eigenvalue weighted by molar-refractivity contribution is 6.13. The molecule has 184 valence electrons. The smallest absolute Gasteiger partial charge is 0.343 e. The van der Waals surface area contributed by atoms with Crippen LogP contribution in [-0.2, 0) is 6.61 Å². The molecule has 0 saturated carbocycles. The minimum atomic E-state index is -0.632. The van der Waals surface area contributed by atoms with Gasteiger partial charge in [0.05, 0.1) is 12.8 Å². The molecule has 0 aliphatic carbocycles. The topological polar surface area (TPSA) is 111 Å². The minimum absolute atomic E-state index is 0.0580. The molecule has 9 nitrogen and oxygen atoms in total. The molecular weight excluding hydrogens is 470 g/mol. The Hall–Kier alpha value is -5.18. The maximum absolute atomic E-state index is 12.5. The fourth-order valence-electron chi connectivity index (χ4n) is 3.64. The summed E-state index contributed by atoms with van der Waals surface area (Å²) >= 11 is 0. The van der Waals surface area contributed by atoms with E-state index in [-0.39, 0.29) is 18.5 Å². The third-order valence-electron chi connectivity index (χ3n) is 5.45. The van der Waals surface area contributed by atoms with E-state index in [0.29, 0.717) is 11.5 Å². The molecule has 0 unspecified atom stereocenters. The number of urea groups is 1. The SMILES string of the molecule is COc1ccc(/C(=N\NC(=O)Nc2nnc(COc3ccc4ccccc4c3)o2)c2ccccc2)cc1. The molecule has 0 radical (unpaired) electrons. The maximum Gasteiger partial charge on any atom is 0.343 e. The summed E-state index contributed by atoms with van der Waals surface area (Å²) in [6.45, 7) is 0.0580. The van der Waals surface area contributed by atoms with Crippen LogP contribution in [0.15, 0.2) is 107 Å². The average molecular weight is 494 g/mol. The number of nitrogens with one attached hydrogen (secondary N) is 2. The van der Waals surface area contributed by atoms with Crippen LogP contribution < -0.4 is 20.2 Å². The quantitative estimate of drug-likeness (QED) is 0.222. The van der Waals surface area contributed by atoms with E-state index in [1.165, 1.54) is 0 Å². The second-order valence-corrected chi connectivity index (χ2v) is 7.92. The molecule has 37 heavy (non-hydrogen) atoms. The van der Waals surface area contributed by atoms with Crippen molar-refractivity contribution in [1.29, 1.82) is 0 Å². The minimum Gasteiger partial charge on any atom is -0.497 e. The molecular formula is C28H23N5O4. The maximum atomic E-state index is 12.5. The molecule has 9 heteroatoms. The number of amides is 2. The van der Waals surface area contributed by atoms with E-state index < -0.39 is 6.03 Å². The number of anilines is 1. The second kappa shape index (κ2) is 11.0.